The number of carbonyl (C=O) groups is 1. The second-order valence-corrected chi connectivity index (χ2v) is 5.13. The van der Waals surface area contributed by atoms with Crippen LogP contribution in [-0.4, -0.2) is 35.5 Å². The molecule has 2 rings (SSSR count). The van der Waals surface area contributed by atoms with Gasteiger partial charge in [-0.25, -0.2) is 0 Å². The summed E-state index contributed by atoms with van der Waals surface area (Å²) < 4.78 is 0. The van der Waals surface area contributed by atoms with E-state index in [1.165, 1.54) is 0 Å². The van der Waals surface area contributed by atoms with E-state index in [1.807, 2.05) is 30.9 Å². The van der Waals surface area contributed by atoms with E-state index in [1.54, 1.807) is 12.1 Å². The highest BCUT2D eigenvalue weighted by Gasteiger charge is 2.61. The molecule has 19 heavy (non-hydrogen) atoms. The second-order valence-electron chi connectivity index (χ2n) is 5.13. The van der Waals surface area contributed by atoms with Crippen molar-refractivity contribution >= 4 is 5.91 Å². The molecule has 1 saturated carbocycles. The fraction of sp³-hybridized carbons (Fsp3) is 0.533. The summed E-state index contributed by atoms with van der Waals surface area (Å²) in [6.45, 7) is 5.93. The zero-order valence-corrected chi connectivity index (χ0v) is 11.6. The van der Waals surface area contributed by atoms with Crippen molar-refractivity contribution in [2.75, 3.05) is 19.6 Å². The number of benzene rings is 1. The summed E-state index contributed by atoms with van der Waals surface area (Å²) >= 11 is 0. The van der Waals surface area contributed by atoms with E-state index in [0.717, 1.165) is 12.0 Å². The Hall–Kier alpha value is -1.55. The topological polar surface area (TPSA) is 66.6 Å². The molecule has 1 amide bonds. The Balaban J connectivity index is 2.34. The minimum atomic E-state index is -0.464. The first-order valence-electron chi connectivity index (χ1n) is 6.89. The van der Waals surface area contributed by atoms with Crippen molar-refractivity contribution < 1.29 is 9.90 Å². The lowest BCUT2D eigenvalue weighted by atomic mass is 9.91. The molecular weight excluding hydrogens is 240 g/mol. The maximum Gasteiger partial charge on any atom is 0.233 e. The largest absolute Gasteiger partial charge is 0.508 e. The van der Waals surface area contributed by atoms with Gasteiger partial charge >= 0.3 is 0 Å². The van der Waals surface area contributed by atoms with E-state index >= 15 is 0 Å². The standard InChI is InChI=1S/C15H22N2O2/c1-3-17(4-2)14(19)15(9-12(15)10-16)11-5-7-13(18)8-6-11/h5-8,12,18H,3-4,9-10,16H2,1-2H3/t12-,15+/m1/s1. The first-order valence-corrected chi connectivity index (χ1v) is 6.89. The number of nitrogens with zero attached hydrogens (tertiary/aromatic N) is 1. The predicted octanol–water partition coefficient (Wildman–Crippen LogP) is 1.48. The Kier molecular flexibility index (Phi) is 3.80. The summed E-state index contributed by atoms with van der Waals surface area (Å²) in [6.07, 6.45) is 0.809. The van der Waals surface area contributed by atoms with Gasteiger partial charge in [-0.15, -0.1) is 0 Å². The minimum absolute atomic E-state index is 0.165. The van der Waals surface area contributed by atoms with Crippen molar-refractivity contribution in [3.8, 4) is 5.75 Å². The fourth-order valence-electron chi connectivity index (χ4n) is 2.91. The number of amides is 1. The lowest BCUT2D eigenvalue weighted by Crippen LogP contribution is -2.40. The highest BCUT2D eigenvalue weighted by atomic mass is 16.3. The number of likely N-dealkylation sites (N-methyl/N-ethyl adjacent to an activating group) is 1. The molecule has 2 atom stereocenters. The van der Waals surface area contributed by atoms with E-state index in [-0.39, 0.29) is 17.6 Å². The van der Waals surface area contributed by atoms with Crippen LogP contribution in [0.1, 0.15) is 25.8 Å². The van der Waals surface area contributed by atoms with Crippen molar-refractivity contribution in [1.82, 2.24) is 4.90 Å². The van der Waals surface area contributed by atoms with Crippen molar-refractivity contribution in [3.63, 3.8) is 0 Å². The first kappa shape index (κ1) is 13.9. The third-order valence-electron chi connectivity index (χ3n) is 4.20. The van der Waals surface area contributed by atoms with E-state index in [4.69, 9.17) is 5.73 Å². The van der Waals surface area contributed by atoms with Crippen LogP contribution in [-0.2, 0) is 10.2 Å². The monoisotopic (exact) mass is 262 g/mol. The Morgan fingerprint density at radius 3 is 2.37 bits per heavy atom. The molecule has 3 N–H and O–H groups in total. The lowest BCUT2D eigenvalue weighted by Gasteiger charge is -2.26. The summed E-state index contributed by atoms with van der Waals surface area (Å²) in [7, 11) is 0. The predicted molar refractivity (Wildman–Crippen MR) is 74.9 cm³/mol. The van der Waals surface area contributed by atoms with Gasteiger partial charge in [-0.3, -0.25) is 4.79 Å². The molecule has 1 aliphatic rings. The highest BCUT2D eigenvalue weighted by Crippen LogP contribution is 2.55. The van der Waals surface area contributed by atoms with Crippen molar-refractivity contribution in [1.29, 1.82) is 0 Å². The molecular formula is C15H22N2O2. The molecule has 1 aromatic rings. The normalized spacial score (nSPS) is 25.1. The molecule has 4 nitrogen and oxygen atoms in total. The van der Waals surface area contributed by atoms with E-state index in [0.29, 0.717) is 19.6 Å². The summed E-state index contributed by atoms with van der Waals surface area (Å²) in [5.74, 6) is 0.600. The first-order chi connectivity index (χ1) is 9.09. The molecule has 1 aliphatic carbocycles. The average molecular weight is 262 g/mol. The SMILES string of the molecule is CCN(CC)C(=O)[C@]1(c2ccc(O)cc2)C[C@@H]1CN. The van der Waals surface area contributed by atoms with Crippen LogP contribution in [0.3, 0.4) is 0 Å². The summed E-state index contributed by atoms with van der Waals surface area (Å²) in [4.78, 5) is 14.6. The fourth-order valence-corrected chi connectivity index (χ4v) is 2.91. The number of hydrogen-bond donors (Lipinski definition) is 2. The Morgan fingerprint density at radius 1 is 1.37 bits per heavy atom. The molecule has 104 valence electrons. The van der Waals surface area contributed by atoms with Gasteiger partial charge in [0.15, 0.2) is 0 Å². The summed E-state index contributed by atoms with van der Waals surface area (Å²) in [5.41, 5.74) is 6.28. The zero-order chi connectivity index (χ0) is 14.0. The molecule has 0 radical (unpaired) electrons. The van der Waals surface area contributed by atoms with Gasteiger partial charge in [-0.05, 0) is 50.4 Å². The van der Waals surface area contributed by atoms with Crippen molar-refractivity contribution in [2.24, 2.45) is 11.7 Å². The molecule has 0 bridgehead atoms. The van der Waals surface area contributed by atoms with Crippen LogP contribution >= 0.6 is 0 Å². The van der Waals surface area contributed by atoms with Gasteiger partial charge in [-0.2, -0.15) is 0 Å². The van der Waals surface area contributed by atoms with Crippen LogP contribution in [0.25, 0.3) is 0 Å². The minimum Gasteiger partial charge on any atom is -0.508 e. The molecule has 1 fully saturated rings. The molecule has 0 aromatic heterocycles. The highest BCUT2D eigenvalue weighted by molar-refractivity contribution is 5.92. The lowest BCUT2D eigenvalue weighted by molar-refractivity contribution is -0.134. The number of phenolic OH excluding ortho intramolecular Hbond substituents is 1. The van der Waals surface area contributed by atoms with Gasteiger partial charge in [-0.1, -0.05) is 12.1 Å². The van der Waals surface area contributed by atoms with Crippen LogP contribution in [0.4, 0.5) is 0 Å². The molecule has 1 aromatic carbocycles. The quantitative estimate of drug-likeness (QED) is 0.844. The maximum absolute atomic E-state index is 12.8. The van der Waals surface area contributed by atoms with Crippen LogP contribution in [0.15, 0.2) is 24.3 Å². The summed E-state index contributed by atoms with van der Waals surface area (Å²) in [6, 6.07) is 6.95. The molecule has 4 heteroatoms. The Morgan fingerprint density at radius 2 is 1.95 bits per heavy atom. The molecule has 0 unspecified atom stereocenters. The average Bonchev–Trinajstić information content (AvgIpc) is 3.16. The summed E-state index contributed by atoms with van der Waals surface area (Å²) in [5, 5.41) is 9.39. The molecule has 0 heterocycles. The third-order valence-corrected chi connectivity index (χ3v) is 4.20. The van der Waals surface area contributed by atoms with E-state index in [9.17, 15) is 9.90 Å². The van der Waals surface area contributed by atoms with Crippen molar-refractivity contribution in [3.05, 3.63) is 29.8 Å². The van der Waals surface area contributed by atoms with E-state index in [2.05, 4.69) is 0 Å². The maximum atomic E-state index is 12.8. The molecule has 0 aliphatic heterocycles. The van der Waals surface area contributed by atoms with Gasteiger partial charge in [0, 0.05) is 13.1 Å². The smallest absolute Gasteiger partial charge is 0.233 e. The van der Waals surface area contributed by atoms with Gasteiger partial charge in [0.1, 0.15) is 5.75 Å². The number of aromatic hydroxyl groups is 1. The number of carbonyl (C=O) groups excluding carboxylic acids is 1. The second kappa shape index (κ2) is 5.21. The van der Waals surface area contributed by atoms with Crippen LogP contribution in [0.5, 0.6) is 5.75 Å². The number of rotatable bonds is 5. The van der Waals surface area contributed by atoms with Crippen LogP contribution < -0.4 is 5.73 Å². The number of hydrogen-bond acceptors (Lipinski definition) is 3. The molecule has 0 spiro atoms. The van der Waals surface area contributed by atoms with Gasteiger partial charge in [0.25, 0.3) is 0 Å². The van der Waals surface area contributed by atoms with Gasteiger partial charge in [0.05, 0.1) is 5.41 Å². The Labute approximate surface area is 114 Å². The molecule has 0 saturated heterocycles. The van der Waals surface area contributed by atoms with Crippen LogP contribution in [0, 0.1) is 5.92 Å². The zero-order valence-electron chi connectivity index (χ0n) is 11.6. The third kappa shape index (κ3) is 2.21. The van der Waals surface area contributed by atoms with E-state index < -0.39 is 5.41 Å². The Bertz CT molecular complexity index is 454. The number of phenols is 1. The van der Waals surface area contributed by atoms with Gasteiger partial charge < -0.3 is 15.7 Å². The van der Waals surface area contributed by atoms with Crippen LogP contribution in [0.2, 0.25) is 0 Å². The number of nitrogens with two attached hydrogens (primary N) is 1. The van der Waals surface area contributed by atoms with Crippen molar-refractivity contribution in [2.45, 2.75) is 25.7 Å². The van der Waals surface area contributed by atoms with Gasteiger partial charge in [0.2, 0.25) is 5.91 Å².